The van der Waals surface area contributed by atoms with Gasteiger partial charge in [0.05, 0.1) is 36.3 Å². The summed E-state index contributed by atoms with van der Waals surface area (Å²) in [7, 11) is 0. The lowest BCUT2D eigenvalue weighted by Crippen LogP contribution is -2.47. The van der Waals surface area contributed by atoms with Crippen molar-refractivity contribution >= 4 is 34.2 Å². The quantitative estimate of drug-likeness (QED) is 0.498. The van der Waals surface area contributed by atoms with Crippen molar-refractivity contribution in [3.63, 3.8) is 0 Å². The van der Waals surface area contributed by atoms with Crippen LogP contribution in [-0.2, 0) is 11.3 Å². The second-order valence-corrected chi connectivity index (χ2v) is 7.98. The zero-order chi connectivity index (χ0) is 22.2. The standard InChI is InChI=1S/C22H21ClN6O3/c1-2-32-16-6-4-15(5-7-16)28-21(31)17-8-3-14(23)11-18(17)29-19(25-26-22(28)29)12-27-10-9-24-20(30)13-27/h3-8,11H,2,9-10,12-13H2,1H3,(H,24,30). The number of nitrogens with zero attached hydrogens (tertiary/aromatic N) is 5. The number of carbonyl (C=O) groups is 1. The monoisotopic (exact) mass is 452 g/mol. The number of benzene rings is 2. The molecule has 4 aromatic rings. The average molecular weight is 453 g/mol. The Morgan fingerprint density at radius 3 is 2.69 bits per heavy atom. The van der Waals surface area contributed by atoms with Gasteiger partial charge in [0.25, 0.3) is 5.56 Å². The fourth-order valence-corrected chi connectivity index (χ4v) is 4.17. The molecule has 9 nitrogen and oxygen atoms in total. The van der Waals surface area contributed by atoms with Gasteiger partial charge in [0, 0.05) is 18.1 Å². The molecule has 32 heavy (non-hydrogen) atoms. The Hall–Kier alpha value is -3.43. The molecule has 2 aromatic heterocycles. The van der Waals surface area contributed by atoms with E-state index in [1.165, 1.54) is 4.57 Å². The number of ether oxygens (including phenoxy) is 1. The van der Waals surface area contributed by atoms with Crippen molar-refractivity contribution < 1.29 is 9.53 Å². The molecule has 1 aliphatic heterocycles. The van der Waals surface area contributed by atoms with Gasteiger partial charge in [-0.05, 0) is 49.4 Å². The topological polar surface area (TPSA) is 93.8 Å². The van der Waals surface area contributed by atoms with Gasteiger partial charge in [-0.1, -0.05) is 11.6 Å². The number of amides is 1. The first-order chi connectivity index (χ1) is 15.5. The van der Waals surface area contributed by atoms with Crippen molar-refractivity contribution in [2.75, 3.05) is 26.2 Å². The lowest BCUT2D eigenvalue weighted by atomic mass is 10.2. The molecule has 0 unspecified atom stereocenters. The molecule has 1 fully saturated rings. The van der Waals surface area contributed by atoms with Crippen LogP contribution in [-0.4, -0.2) is 56.2 Å². The first kappa shape index (κ1) is 20.5. The molecular formula is C22H21ClN6O3. The second kappa shape index (κ2) is 8.25. The van der Waals surface area contributed by atoms with Crippen LogP contribution in [0.25, 0.3) is 22.4 Å². The van der Waals surface area contributed by atoms with E-state index in [1.54, 1.807) is 18.2 Å². The van der Waals surface area contributed by atoms with Gasteiger partial charge >= 0.3 is 0 Å². The Morgan fingerprint density at radius 2 is 1.94 bits per heavy atom. The maximum Gasteiger partial charge on any atom is 0.267 e. The van der Waals surface area contributed by atoms with Crippen LogP contribution in [0.3, 0.4) is 0 Å². The van der Waals surface area contributed by atoms with Gasteiger partial charge in [0.15, 0.2) is 5.82 Å². The summed E-state index contributed by atoms with van der Waals surface area (Å²) in [5.41, 5.74) is 1.06. The van der Waals surface area contributed by atoms with Crippen LogP contribution < -0.4 is 15.6 Å². The van der Waals surface area contributed by atoms with E-state index in [0.717, 1.165) is 5.75 Å². The number of piperazine rings is 1. The largest absolute Gasteiger partial charge is 0.494 e. The summed E-state index contributed by atoms with van der Waals surface area (Å²) in [6.07, 6.45) is 0. The van der Waals surface area contributed by atoms with Crippen molar-refractivity contribution in [1.82, 2.24) is 29.4 Å². The number of rotatable bonds is 5. The molecule has 1 N–H and O–H groups in total. The Labute approximate surface area is 188 Å². The Kier molecular flexibility index (Phi) is 5.28. The van der Waals surface area contributed by atoms with Crippen LogP contribution >= 0.6 is 11.6 Å². The SMILES string of the molecule is CCOc1ccc(-n2c(=O)c3ccc(Cl)cc3n3c(CN4CCNC(=O)C4)nnc23)cc1. The molecule has 3 heterocycles. The Bertz CT molecular complexity index is 1380. The van der Waals surface area contributed by atoms with Crippen LogP contribution in [0.15, 0.2) is 47.3 Å². The lowest BCUT2D eigenvalue weighted by molar-refractivity contribution is -0.124. The van der Waals surface area contributed by atoms with Crippen molar-refractivity contribution in [3.8, 4) is 11.4 Å². The molecule has 5 rings (SSSR count). The first-order valence-electron chi connectivity index (χ1n) is 10.4. The van der Waals surface area contributed by atoms with Gasteiger partial charge in [0.1, 0.15) is 5.75 Å². The van der Waals surface area contributed by atoms with Crippen molar-refractivity contribution in [2.24, 2.45) is 0 Å². The van der Waals surface area contributed by atoms with E-state index in [1.807, 2.05) is 40.5 Å². The summed E-state index contributed by atoms with van der Waals surface area (Å²) < 4.78 is 8.89. The number of hydrogen-bond acceptors (Lipinski definition) is 6. The molecule has 0 atom stereocenters. The van der Waals surface area contributed by atoms with Crippen molar-refractivity contribution in [3.05, 3.63) is 63.7 Å². The molecule has 1 aliphatic rings. The molecule has 0 saturated carbocycles. The molecule has 0 aliphatic carbocycles. The highest BCUT2D eigenvalue weighted by Gasteiger charge is 2.22. The average Bonchev–Trinajstić information content (AvgIpc) is 3.18. The summed E-state index contributed by atoms with van der Waals surface area (Å²) in [6.45, 7) is 4.46. The lowest BCUT2D eigenvalue weighted by Gasteiger charge is -2.25. The van der Waals surface area contributed by atoms with Gasteiger partial charge in [-0.2, -0.15) is 0 Å². The minimum Gasteiger partial charge on any atom is -0.494 e. The van der Waals surface area contributed by atoms with Crippen LogP contribution in [0, 0.1) is 0 Å². The minimum atomic E-state index is -0.218. The number of aromatic nitrogens is 4. The Balaban J connectivity index is 1.71. The maximum atomic E-state index is 13.5. The maximum absolute atomic E-state index is 13.5. The third-order valence-electron chi connectivity index (χ3n) is 5.44. The predicted molar refractivity (Wildman–Crippen MR) is 121 cm³/mol. The van der Waals surface area contributed by atoms with E-state index in [2.05, 4.69) is 15.5 Å². The third kappa shape index (κ3) is 3.59. The molecule has 1 saturated heterocycles. The van der Waals surface area contributed by atoms with Gasteiger partial charge in [-0.15, -0.1) is 10.2 Å². The molecule has 164 valence electrons. The molecular weight excluding hydrogens is 432 g/mol. The highest BCUT2D eigenvalue weighted by molar-refractivity contribution is 6.31. The van der Waals surface area contributed by atoms with E-state index in [4.69, 9.17) is 16.3 Å². The summed E-state index contributed by atoms with van der Waals surface area (Å²) in [4.78, 5) is 27.3. The fraction of sp³-hybridized carbons (Fsp3) is 0.273. The molecule has 1 amide bonds. The van der Waals surface area contributed by atoms with E-state index in [9.17, 15) is 9.59 Å². The summed E-state index contributed by atoms with van der Waals surface area (Å²) in [6, 6.07) is 12.4. The number of nitrogens with one attached hydrogen (secondary N) is 1. The molecule has 0 bridgehead atoms. The van der Waals surface area contributed by atoms with E-state index < -0.39 is 0 Å². The van der Waals surface area contributed by atoms with Crippen LogP contribution in [0.1, 0.15) is 12.7 Å². The van der Waals surface area contributed by atoms with Gasteiger partial charge < -0.3 is 10.1 Å². The van der Waals surface area contributed by atoms with Gasteiger partial charge in [-0.3, -0.25) is 18.9 Å². The van der Waals surface area contributed by atoms with Crippen LogP contribution in [0.4, 0.5) is 0 Å². The first-order valence-corrected chi connectivity index (χ1v) is 10.7. The summed E-state index contributed by atoms with van der Waals surface area (Å²) in [5.74, 6) is 1.70. The number of hydrogen-bond donors (Lipinski definition) is 1. The zero-order valence-corrected chi connectivity index (χ0v) is 18.2. The predicted octanol–water partition coefficient (Wildman–Crippen LogP) is 2.02. The number of carbonyl (C=O) groups excluding carboxylic acids is 1. The normalized spacial score (nSPS) is 14.8. The molecule has 0 radical (unpaired) electrons. The van der Waals surface area contributed by atoms with E-state index in [-0.39, 0.29) is 18.0 Å². The van der Waals surface area contributed by atoms with Gasteiger partial charge in [0.2, 0.25) is 11.7 Å². The molecule has 10 heteroatoms. The van der Waals surface area contributed by atoms with Crippen LogP contribution in [0.5, 0.6) is 5.75 Å². The Morgan fingerprint density at radius 1 is 1.12 bits per heavy atom. The minimum absolute atomic E-state index is 0.0238. The third-order valence-corrected chi connectivity index (χ3v) is 5.67. The highest BCUT2D eigenvalue weighted by Crippen LogP contribution is 2.23. The zero-order valence-electron chi connectivity index (χ0n) is 17.4. The summed E-state index contributed by atoms with van der Waals surface area (Å²) >= 11 is 6.27. The molecule has 0 spiro atoms. The van der Waals surface area contributed by atoms with Crippen molar-refractivity contribution in [2.45, 2.75) is 13.5 Å². The van der Waals surface area contributed by atoms with Crippen LogP contribution in [0.2, 0.25) is 5.02 Å². The van der Waals surface area contributed by atoms with E-state index in [0.29, 0.717) is 59.5 Å². The highest BCUT2D eigenvalue weighted by atomic mass is 35.5. The van der Waals surface area contributed by atoms with Crippen molar-refractivity contribution in [1.29, 1.82) is 0 Å². The smallest absolute Gasteiger partial charge is 0.267 e. The molecule has 2 aromatic carbocycles. The summed E-state index contributed by atoms with van der Waals surface area (Å²) in [5, 5.41) is 12.6. The second-order valence-electron chi connectivity index (χ2n) is 7.54. The van der Waals surface area contributed by atoms with E-state index >= 15 is 0 Å². The number of fused-ring (bicyclic) bond motifs is 3. The fourth-order valence-electron chi connectivity index (χ4n) is 4.00. The number of halogens is 1. The van der Waals surface area contributed by atoms with Gasteiger partial charge in [-0.25, -0.2) is 4.57 Å².